The van der Waals surface area contributed by atoms with Gasteiger partial charge in [0.25, 0.3) is 0 Å². The molecular weight excluding hydrogens is 354 g/mol. The second-order valence-corrected chi connectivity index (χ2v) is 7.85. The van der Waals surface area contributed by atoms with E-state index in [0.29, 0.717) is 29.2 Å². The van der Waals surface area contributed by atoms with E-state index in [1.165, 1.54) is 6.33 Å². The monoisotopic (exact) mass is 377 g/mol. The van der Waals surface area contributed by atoms with Crippen LogP contribution in [0.15, 0.2) is 24.5 Å². The summed E-state index contributed by atoms with van der Waals surface area (Å²) in [6.07, 6.45) is 1.46. The van der Waals surface area contributed by atoms with Crippen molar-refractivity contribution in [2.45, 2.75) is 19.9 Å². The molecule has 3 heterocycles. The van der Waals surface area contributed by atoms with E-state index in [-0.39, 0.29) is 5.75 Å². The SMILES string of the molecule is Cc1ccc(O)c(C)c1-c1nc(N(C)C2[C@H]3COC[C@@H]23)cc2c(N)ncnc12. The molecule has 1 saturated heterocycles. The number of rotatable bonds is 3. The van der Waals surface area contributed by atoms with Crippen LogP contribution in [-0.2, 0) is 4.74 Å². The van der Waals surface area contributed by atoms with Gasteiger partial charge in [0.15, 0.2) is 0 Å². The Morgan fingerprint density at radius 1 is 1.18 bits per heavy atom. The van der Waals surface area contributed by atoms with Crippen molar-refractivity contribution in [3.63, 3.8) is 0 Å². The van der Waals surface area contributed by atoms with Crippen molar-refractivity contribution >= 4 is 22.5 Å². The van der Waals surface area contributed by atoms with Crippen molar-refractivity contribution in [1.82, 2.24) is 15.0 Å². The summed E-state index contributed by atoms with van der Waals surface area (Å²) in [6, 6.07) is 6.01. The predicted octanol–water partition coefficient (Wildman–Crippen LogP) is 2.68. The zero-order valence-electron chi connectivity index (χ0n) is 16.2. The molecule has 0 spiro atoms. The number of nitrogens with two attached hydrogens (primary N) is 1. The number of anilines is 2. The molecule has 3 aromatic rings. The molecule has 1 unspecified atom stereocenters. The van der Waals surface area contributed by atoms with E-state index in [4.69, 9.17) is 15.5 Å². The Bertz CT molecular complexity index is 1090. The lowest BCUT2D eigenvalue weighted by Gasteiger charge is -2.23. The highest BCUT2D eigenvalue weighted by molar-refractivity contribution is 5.99. The number of benzene rings is 1. The van der Waals surface area contributed by atoms with Crippen molar-refractivity contribution in [2.24, 2.45) is 11.8 Å². The lowest BCUT2D eigenvalue weighted by Crippen LogP contribution is -2.26. The Balaban J connectivity index is 1.73. The predicted molar refractivity (Wildman–Crippen MR) is 108 cm³/mol. The molecule has 1 aromatic carbocycles. The van der Waals surface area contributed by atoms with Crippen LogP contribution in [0.4, 0.5) is 11.6 Å². The van der Waals surface area contributed by atoms with Crippen LogP contribution in [0, 0.1) is 25.7 Å². The molecule has 1 aliphatic carbocycles. The molecule has 1 saturated carbocycles. The molecular formula is C21H23N5O2. The van der Waals surface area contributed by atoms with E-state index in [9.17, 15) is 5.11 Å². The van der Waals surface area contributed by atoms with E-state index < -0.39 is 0 Å². The number of fused-ring (bicyclic) bond motifs is 2. The highest BCUT2D eigenvalue weighted by atomic mass is 16.5. The number of nitrogens with zero attached hydrogens (tertiary/aromatic N) is 4. The average Bonchev–Trinajstić information content (AvgIpc) is 3.16. The summed E-state index contributed by atoms with van der Waals surface area (Å²) in [5, 5.41) is 11.1. The minimum Gasteiger partial charge on any atom is -0.508 e. The third-order valence-corrected chi connectivity index (χ3v) is 6.24. The number of hydrogen-bond acceptors (Lipinski definition) is 7. The zero-order valence-corrected chi connectivity index (χ0v) is 16.2. The molecule has 5 rings (SSSR count). The molecule has 0 bridgehead atoms. The number of ether oxygens (including phenoxy) is 1. The summed E-state index contributed by atoms with van der Waals surface area (Å²) in [5.74, 6) is 2.65. The number of phenols is 1. The Kier molecular flexibility index (Phi) is 3.71. The summed E-state index contributed by atoms with van der Waals surface area (Å²) >= 11 is 0. The quantitative estimate of drug-likeness (QED) is 0.724. The fourth-order valence-electron chi connectivity index (χ4n) is 4.56. The van der Waals surface area contributed by atoms with Gasteiger partial charge in [0, 0.05) is 41.4 Å². The molecule has 2 aromatic heterocycles. The minimum atomic E-state index is 0.241. The Labute approximate surface area is 163 Å². The van der Waals surface area contributed by atoms with E-state index in [2.05, 4.69) is 21.9 Å². The van der Waals surface area contributed by atoms with Gasteiger partial charge in [0.2, 0.25) is 0 Å². The van der Waals surface area contributed by atoms with E-state index >= 15 is 0 Å². The lowest BCUT2D eigenvalue weighted by molar-refractivity contribution is 0.160. The molecule has 2 fully saturated rings. The standard InChI is InChI=1S/C21H23N5O2/c1-10-4-5-15(27)11(2)17(10)19-18-12(21(22)24-9-23-18)6-16(25-19)26(3)20-13-7-28-8-14(13)20/h4-6,9,13-14,20,27H,7-8H2,1-3H3,(H2,22,23,24)/t13-,14+,20?. The molecule has 3 N–H and O–H groups in total. The average molecular weight is 377 g/mol. The first-order valence-corrected chi connectivity index (χ1v) is 9.48. The zero-order chi connectivity index (χ0) is 19.6. The van der Waals surface area contributed by atoms with Crippen LogP contribution in [0.5, 0.6) is 5.75 Å². The molecule has 3 atom stereocenters. The number of aryl methyl sites for hydroxylation is 1. The highest BCUT2D eigenvalue weighted by Crippen LogP contribution is 2.49. The summed E-state index contributed by atoms with van der Waals surface area (Å²) in [4.78, 5) is 15.9. The molecule has 7 nitrogen and oxygen atoms in total. The van der Waals surface area contributed by atoms with Gasteiger partial charge in [-0.05, 0) is 31.5 Å². The van der Waals surface area contributed by atoms with E-state index in [1.54, 1.807) is 6.07 Å². The van der Waals surface area contributed by atoms with Gasteiger partial charge in [-0.1, -0.05) is 6.07 Å². The van der Waals surface area contributed by atoms with Crippen molar-refractivity contribution in [3.05, 3.63) is 35.7 Å². The molecule has 0 radical (unpaired) electrons. The molecule has 0 amide bonds. The van der Waals surface area contributed by atoms with Gasteiger partial charge < -0.3 is 20.5 Å². The second kappa shape index (κ2) is 6.04. The van der Waals surface area contributed by atoms with Gasteiger partial charge >= 0.3 is 0 Å². The van der Waals surface area contributed by atoms with E-state index in [0.717, 1.165) is 46.8 Å². The first kappa shape index (κ1) is 17.2. The molecule has 1 aliphatic heterocycles. The number of aromatic hydroxyl groups is 1. The molecule has 7 heteroatoms. The van der Waals surface area contributed by atoms with Gasteiger partial charge in [-0.2, -0.15) is 0 Å². The minimum absolute atomic E-state index is 0.241. The maximum atomic E-state index is 10.3. The third-order valence-electron chi connectivity index (χ3n) is 6.24. The van der Waals surface area contributed by atoms with Crippen molar-refractivity contribution < 1.29 is 9.84 Å². The van der Waals surface area contributed by atoms with Gasteiger partial charge in [-0.15, -0.1) is 0 Å². The summed E-state index contributed by atoms with van der Waals surface area (Å²) in [5.41, 5.74) is 10.3. The topological polar surface area (TPSA) is 97.4 Å². The smallest absolute Gasteiger partial charge is 0.134 e. The van der Waals surface area contributed by atoms with Crippen LogP contribution in [0.25, 0.3) is 22.2 Å². The maximum absolute atomic E-state index is 10.3. The summed E-state index contributed by atoms with van der Waals surface area (Å²) < 4.78 is 5.53. The van der Waals surface area contributed by atoms with Gasteiger partial charge in [0.1, 0.15) is 29.2 Å². The van der Waals surface area contributed by atoms with Crippen LogP contribution in [0.2, 0.25) is 0 Å². The van der Waals surface area contributed by atoms with Gasteiger partial charge in [0.05, 0.1) is 18.9 Å². The third kappa shape index (κ3) is 2.43. The Morgan fingerprint density at radius 2 is 1.93 bits per heavy atom. The van der Waals surface area contributed by atoms with Crippen molar-refractivity contribution in [1.29, 1.82) is 0 Å². The van der Waals surface area contributed by atoms with Crippen molar-refractivity contribution in [2.75, 3.05) is 30.9 Å². The van der Waals surface area contributed by atoms with Crippen LogP contribution >= 0.6 is 0 Å². The summed E-state index contributed by atoms with van der Waals surface area (Å²) in [7, 11) is 2.07. The fraction of sp³-hybridized carbons (Fsp3) is 0.381. The van der Waals surface area contributed by atoms with Crippen molar-refractivity contribution in [3.8, 4) is 17.0 Å². The van der Waals surface area contributed by atoms with Crippen LogP contribution < -0.4 is 10.6 Å². The molecule has 2 aliphatic rings. The van der Waals surface area contributed by atoms with Crippen LogP contribution in [-0.4, -0.2) is 46.4 Å². The normalized spacial score (nSPS) is 23.0. The molecule has 28 heavy (non-hydrogen) atoms. The van der Waals surface area contributed by atoms with E-state index in [1.807, 2.05) is 26.0 Å². The first-order valence-electron chi connectivity index (χ1n) is 9.48. The first-order chi connectivity index (χ1) is 13.5. The Morgan fingerprint density at radius 3 is 2.68 bits per heavy atom. The Hall–Kier alpha value is -2.93. The molecule has 144 valence electrons. The number of phenolic OH excluding ortho intramolecular Hbond substituents is 1. The van der Waals surface area contributed by atoms with Crippen LogP contribution in [0.1, 0.15) is 11.1 Å². The maximum Gasteiger partial charge on any atom is 0.134 e. The number of nitrogen functional groups attached to an aromatic ring is 1. The number of hydrogen-bond donors (Lipinski definition) is 2. The second-order valence-electron chi connectivity index (χ2n) is 7.85. The highest BCUT2D eigenvalue weighted by Gasteiger charge is 2.56. The van der Waals surface area contributed by atoms with Crippen LogP contribution in [0.3, 0.4) is 0 Å². The largest absolute Gasteiger partial charge is 0.508 e. The van der Waals surface area contributed by atoms with Gasteiger partial charge in [-0.3, -0.25) is 0 Å². The van der Waals surface area contributed by atoms with Gasteiger partial charge in [-0.25, -0.2) is 15.0 Å². The summed E-state index contributed by atoms with van der Waals surface area (Å²) in [6.45, 7) is 5.54. The number of aromatic nitrogens is 3. The lowest BCUT2D eigenvalue weighted by atomic mass is 9.97. The fourth-order valence-corrected chi connectivity index (χ4v) is 4.56. The number of pyridine rings is 1.